The Bertz CT molecular complexity index is 989. The van der Waals surface area contributed by atoms with E-state index in [0.29, 0.717) is 31.0 Å². The third-order valence-electron chi connectivity index (χ3n) is 5.95. The van der Waals surface area contributed by atoms with Gasteiger partial charge in [-0.3, -0.25) is 19.4 Å². The van der Waals surface area contributed by atoms with Crippen LogP contribution in [-0.4, -0.2) is 46.3 Å². The van der Waals surface area contributed by atoms with Crippen LogP contribution < -0.4 is 16.0 Å². The summed E-state index contributed by atoms with van der Waals surface area (Å²) in [6.45, 7) is 0.651. The lowest BCUT2D eigenvalue weighted by molar-refractivity contribution is -0.128. The average molecular weight is 422 g/mol. The molecule has 9 nitrogen and oxygen atoms in total. The number of rotatable bonds is 8. The van der Waals surface area contributed by atoms with Crippen LogP contribution in [-0.2, 0) is 9.59 Å². The van der Waals surface area contributed by atoms with Crippen LogP contribution in [0.4, 0.5) is 0 Å². The van der Waals surface area contributed by atoms with Crippen molar-refractivity contribution in [2.24, 2.45) is 11.8 Å². The smallest absolute Gasteiger partial charge is 0.268 e. The summed E-state index contributed by atoms with van der Waals surface area (Å²) in [5.41, 5.74) is 1.14. The summed E-state index contributed by atoms with van der Waals surface area (Å²) in [6.07, 6.45) is 7.73. The first kappa shape index (κ1) is 20.8. The van der Waals surface area contributed by atoms with Crippen LogP contribution in [0.3, 0.4) is 0 Å². The summed E-state index contributed by atoms with van der Waals surface area (Å²) in [5, 5.41) is 18.7. The number of hydrogen-bond acceptors (Lipinski definition) is 5. The molecule has 0 radical (unpaired) electrons. The molecule has 2 fully saturated rings. The highest BCUT2D eigenvalue weighted by atomic mass is 16.2. The standard InChI is InChI=1S/C22H26N6O3/c23-11-16(9-14-2-1-6-25-20(14)29)26-21(30)18(8-13-3-4-13)28-22(31)19-10-15-12-24-7-5-17(15)27-19/h5,7,10,12-14,16,18,27H,1-4,6,8-9H2,(H,25,29)(H,26,30)(H,28,31)/t14-,16-,18-/m0/s1. The van der Waals surface area contributed by atoms with Gasteiger partial charge in [-0.1, -0.05) is 12.8 Å². The molecule has 1 aliphatic carbocycles. The third-order valence-corrected chi connectivity index (χ3v) is 5.95. The molecular formula is C22H26N6O3. The van der Waals surface area contributed by atoms with Gasteiger partial charge in [0.1, 0.15) is 17.8 Å². The molecule has 4 rings (SSSR count). The SMILES string of the molecule is N#C[C@H](C[C@@H]1CCCNC1=O)NC(=O)[C@H](CC1CC1)NC(=O)c1cc2cnccc2[nH]1. The number of hydrogen-bond donors (Lipinski definition) is 4. The molecule has 2 aromatic heterocycles. The molecule has 0 spiro atoms. The number of pyridine rings is 1. The largest absolute Gasteiger partial charge is 0.356 e. The van der Waals surface area contributed by atoms with Gasteiger partial charge >= 0.3 is 0 Å². The minimum absolute atomic E-state index is 0.0723. The predicted octanol–water partition coefficient (Wildman–Crippen LogP) is 1.39. The quantitative estimate of drug-likeness (QED) is 0.509. The van der Waals surface area contributed by atoms with Gasteiger partial charge in [-0.2, -0.15) is 5.26 Å². The highest BCUT2D eigenvalue weighted by Crippen LogP contribution is 2.33. The van der Waals surface area contributed by atoms with Crippen LogP contribution in [0.15, 0.2) is 24.5 Å². The fraction of sp³-hybridized carbons (Fsp3) is 0.500. The Hall–Kier alpha value is -3.41. The van der Waals surface area contributed by atoms with Gasteiger partial charge in [-0.15, -0.1) is 0 Å². The molecule has 3 atom stereocenters. The Labute approximate surface area is 180 Å². The van der Waals surface area contributed by atoms with E-state index in [1.807, 2.05) is 0 Å². The average Bonchev–Trinajstić information content (AvgIpc) is 3.48. The van der Waals surface area contributed by atoms with Gasteiger partial charge in [0, 0.05) is 35.8 Å². The van der Waals surface area contributed by atoms with Crippen LogP contribution >= 0.6 is 0 Å². The van der Waals surface area contributed by atoms with Crippen LogP contribution in [0.2, 0.25) is 0 Å². The Morgan fingerprint density at radius 3 is 2.81 bits per heavy atom. The zero-order chi connectivity index (χ0) is 21.8. The Kier molecular flexibility index (Phi) is 6.16. The molecule has 2 aromatic rings. The molecule has 1 saturated heterocycles. The summed E-state index contributed by atoms with van der Waals surface area (Å²) in [6, 6.07) is 4.05. The maximum atomic E-state index is 12.9. The number of fused-ring (bicyclic) bond motifs is 1. The normalized spacial score (nSPS) is 20.4. The van der Waals surface area contributed by atoms with Crippen molar-refractivity contribution in [1.82, 2.24) is 25.9 Å². The molecule has 3 heterocycles. The van der Waals surface area contributed by atoms with Gasteiger partial charge < -0.3 is 20.9 Å². The molecule has 2 aliphatic rings. The van der Waals surface area contributed by atoms with Gasteiger partial charge in [-0.25, -0.2) is 0 Å². The number of nitrogens with one attached hydrogen (secondary N) is 4. The highest BCUT2D eigenvalue weighted by Gasteiger charge is 2.33. The molecule has 0 bridgehead atoms. The molecule has 9 heteroatoms. The number of carbonyl (C=O) groups is 3. The first-order valence-corrected chi connectivity index (χ1v) is 10.7. The fourth-order valence-corrected chi connectivity index (χ4v) is 4.01. The van der Waals surface area contributed by atoms with Crippen molar-refractivity contribution >= 4 is 28.6 Å². The number of carbonyl (C=O) groups excluding carboxylic acids is 3. The third kappa shape index (κ3) is 5.20. The Balaban J connectivity index is 1.41. The molecule has 31 heavy (non-hydrogen) atoms. The van der Waals surface area contributed by atoms with E-state index < -0.39 is 12.1 Å². The van der Waals surface area contributed by atoms with Crippen LogP contribution in [0.1, 0.15) is 49.0 Å². The first-order valence-electron chi connectivity index (χ1n) is 10.7. The Morgan fingerprint density at radius 2 is 2.10 bits per heavy atom. The van der Waals surface area contributed by atoms with Crippen molar-refractivity contribution in [1.29, 1.82) is 5.26 Å². The predicted molar refractivity (Wildman–Crippen MR) is 113 cm³/mol. The van der Waals surface area contributed by atoms with E-state index in [-0.39, 0.29) is 30.1 Å². The lowest BCUT2D eigenvalue weighted by atomic mass is 9.92. The fourth-order valence-electron chi connectivity index (χ4n) is 4.01. The van der Waals surface area contributed by atoms with Crippen molar-refractivity contribution in [3.63, 3.8) is 0 Å². The molecule has 3 amide bonds. The topological polar surface area (TPSA) is 140 Å². The van der Waals surface area contributed by atoms with Crippen molar-refractivity contribution in [2.75, 3.05) is 6.54 Å². The molecule has 162 valence electrons. The number of aromatic amines is 1. The second-order valence-corrected chi connectivity index (χ2v) is 8.41. The molecule has 0 aromatic carbocycles. The zero-order valence-corrected chi connectivity index (χ0v) is 17.2. The zero-order valence-electron chi connectivity index (χ0n) is 17.2. The van der Waals surface area contributed by atoms with Gasteiger partial charge in [-0.05, 0) is 43.7 Å². The minimum atomic E-state index is -0.779. The molecule has 1 saturated carbocycles. The Morgan fingerprint density at radius 1 is 1.26 bits per heavy atom. The van der Waals surface area contributed by atoms with E-state index in [2.05, 4.69) is 32.0 Å². The molecule has 4 N–H and O–H groups in total. The van der Waals surface area contributed by atoms with E-state index in [9.17, 15) is 19.6 Å². The van der Waals surface area contributed by atoms with Gasteiger partial charge in [0.05, 0.1) is 6.07 Å². The second kappa shape index (κ2) is 9.16. The number of piperidine rings is 1. The summed E-state index contributed by atoms with van der Waals surface area (Å²) in [4.78, 5) is 44.8. The van der Waals surface area contributed by atoms with Gasteiger partial charge in [0.15, 0.2) is 0 Å². The molecule has 0 unspecified atom stereocenters. The van der Waals surface area contributed by atoms with E-state index in [1.165, 1.54) is 0 Å². The van der Waals surface area contributed by atoms with Crippen LogP contribution in [0.5, 0.6) is 0 Å². The lowest BCUT2D eigenvalue weighted by Crippen LogP contribution is -2.50. The van der Waals surface area contributed by atoms with Crippen molar-refractivity contribution < 1.29 is 14.4 Å². The summed E-state index contributed by atoms with van der Waals surface area (Å²) in [5.74, 6) is -0.724. The maximum Gasteiger partial charge on any atom is 0.268 e. The van der Waals surface area contributed by atoms with Crippen molar-refractivity contribution in [2.45, 2.75) is 50.6 Å². The van der Waals surface area contributed by atoms with E-state index in [0.717, 1.165) is 30.2 Å². The highest BCUT2D eigenvalue weighted by molar-refractivity contribution is 6.00. The molecule has 1 aliphatic heterocycles. The number of nitrogens with zero attached hydrogens (tertiary/aromatic N) is 2. The van der Waals surface area contributed by atoms with Crippen LogP contribution in [0.25, 0.3) is 10.9 Å². The number of amides is 3. The van der Waals surface area contributed by atoms with Gasteiger partial charge in [0.25, 0.3) is 5.91 Å². The molecular weight excluding hydrogens is 396 g/mol. The minimum Gasteiger partial charge on any atom is -0.356 e. The lowest BCUT2D eigenvalue weighted by Gasteiger charge is -2.25. The monoisotopic (exact) mass is 422 g/mol. The van der Waals surface area contributed by atoms with E-state index in [4.69, 9.17) is 0 Å². The van der Waals surface area contributed by atoms with E-state index >= 15 is 0 Å². The number of H-pyrrole nitrogens is 1. The first-order chi connectivity index (χ1) is 15.0. The van der Waals surface area contributed by atoms with Crippen LogP contribution in [0, 0.1) is 23.2 Å². The summed E-state index contributed by atoms with van der Waals surface area (Å²) in [7, 11) is 0. The van der Waals surface area contributed by atoms with Crippen molar-refractivity contribution in [3.05, 3.63) is 30.2 Å². The second-order valence-electron chi connectivity index (χ2n) is 8.41. The van der Waals surface area contributed by atoms with Gasteiger partial charge in [0.2, 0.25) is 11.8 Å². The van der Waals surface area contributed by atoms with E-state index in [1.54, 1.807) is 24.5 Å². The number of aromatic nitrogens is 2. The number of nitriles is 1. The summed E-state index contributed by atoms with van der Waals surface area (Å²) < 4.78 is 0. The summed E-state index contributed by atoms with van der Waals surface area (Å²) >= 11 is 0. The maximum absolute atomic E-state index is 12.9. The van der Waals surface area contributed by atoms with Crippen molar-refractivity contribution in [3.8, 4) is 6.07 Å².